The van der Waals surface area contributed by atoms with Crippen LogP contribution in [0.5, 0.6) is 0 Å². The van der Waals surface area contributed by atoms with Gasteiger partial charge in [0.15, 0.2) is 0 Å². The molecule has 0 saturated heterocycles. The summed E-state index contributed by atoms with van der Waals surface area (Å²) in [6.07, 6.45) is -4.72. The Morgan fingerprint density at radius 2 is 1.64 bits per heavy atom. The predicted octanol–water partition coefficient (Wildman–Crippen LogP) is 4.05. The maximum atomic E-state index is 12.1. The second-order valence-electron chi connectivity index (χ2n) is 2.58. The third-order valence-corrected chi connectivity index (χ3v) is 3.49. The summed E-state index contributed by atoms with van der Waals surface area (Å²) in [5.41, 5.74) is -0.00167. The molecule has 0 aliphatic carbocycles. The minimum atomic E-state index is -2.86. The van der Waals surface area contributed by atoms with E-state index >= 15 is 0 Å². The zero-order valence-electron chi connectivity index (χ0n) is 6.65. The summed E-state index contributed by atoms with van der Waals surface area (Å²) < 4.78 is 24.7. The maximum Gasteiger partial charge on any atom is 0.268 e. The van der Waals surface area contributed by atoms with Gasteiger partial charge in [0.1, 0.15) is 6.10 Å². The third-order valence-electron chi connectivity index (χ3n) is 1.59. The second kappa shape index (κ2) is 4.75. The van der Waals surface area contributed by atoms with Crippen molar-refractivity contribution in [1.82, 2.24) is 0 Å². The van der Waals surface area contributed by atoms with Gasteiger partial charge in [-0.05, 0) is 33.6 Å². The Labute approximate surface area is 97.8 Å². The van der Waals surface area contributed by atoms with Crippen LogP contribution >= 0.6 is 39.1 Å². The Bertz CT molecular complexity index is 323. The Morgan fingerprint density at radius 3 is 2.00 bits per heavy atom. The van der Waals surface area contributed by atoms with Crippen LogP contribution in [0.4, 0.5) is 8.78 Å². The van der Waals surface area contributed by atoms with Crippen molar-refractivity contribution in [2.45, 2.75) is 12.5 Å². The van der Waals surface area contributed by atoms with Crippen LogP contribution in [0.15, 0.2) is 16.6 Å². The van der Waals surface area contributed by atoms with Crippen LogP contribution in [0.25, 0.3) is 0 Å². The Kier molecular flexibility index (Phi) is 4.13. The molecule has 78 valence electrons. The van der Waals surface area contributed by atoms with Crippen LogP contribution in [0.2, 0.25) is 10.0 Å². The molecule has 0 aromatic heterocycles. The SMILES string of the molecule is OC(c1cc(Cl)c(Br)c(Cl)c1)C(F)F. The van der Waals surface area contributed by atoms with Gasteiger partial charge in [-0.15, -0.1) is 0 Å². The number of aliphatic hydroxyl groups is 1. The number of rotatable bonds is 2. The second-order valence-corrected chi connectivity index (χ2v) is 4.19. The highest BCUT2D eigenvalue weighted by Crippen LogP contribution is 2.34. The molecule has 0 aliphatic heterocycles. The molecule has 1 nitrogen and oxygen atoms in total. The highest BCUT2D eigenvalue weighted by Gasteiger charge is 2.20. The molecule has 1 rings (SSSR count). The molecular weight excluding hydrogens is 301 g/mol. The van der Waals surface area contributed by atoms with Gasteiger partial charge in [-0.2, -0.15) is 0 Å². The first-order valence-corrected chi connectivity index (χ1v) is 5.09. The van der Waals surface area contributed by atoms with Gasteiger partial charge in [-0.3, -0.25) is 0 Å². The van der Waals surface area contributed by atoms with Gasteiger partial charge in [0.05, 0.1) is 14.5 Å². The first-order chi connectivity index (χ1) is 6.43. The van der Waals surface area contributed by atoms with Crippen molar-refractivity contribution in [2.24, 2.45) is 0 Å². The first-order valence-electron chi connectivity index (χ1n) is 3.54. The Morgan fingerprint density at radius 1 is 1.21 bits per heavy atom. The molecule has 1 aromatic rings. The van der Waals surface area contributed by atoms with E-state index in [2.05, 4.69) is 15.9 Å². The van der Waals surface area contributed by atoms with Crippen molar-refractivity contribution >= 4 is 39.1 Å². The van der Waals surface area contributed by atoms with Gasteiger partial charge in [0, 0.05) is 0 Å². The van der Waals surface area contributed by atoms with Gasteiger partial charge in [0.2, 0.25) is 0 Å². The monoisotopic (exact) mass is 304 g/mol. The molecule has 1 unspecified atom stereocenters. The van der Waals surface area contributed by atoms with E-state index in [1.165, 1.54) is 12.1 Å². The molecule has 0 spiro atoms. The van der Waals surface area contributed by atoms with Crippen LogP contribution in [0.3, 0.4) is 0 Å². The Balaban J connectivity index is 3.12. The van der Waals surface area contributed by atoms with Gasteiger partial charge in [0.25, 0.3) is 6.43 Å². The zero-order chi connectivity index (χ0) is 10.9. The van der Waals surface area contributed by atoms with Crippen molar-refractivity contribution in [1.29, 1.82) is 0 Å². The van der Waals surface area contributed by atoms with Crippen molar-refractivity contribution in [3.8, 4) is 0 Å². The zero-order valence-corrected chi connectivity index (χ0v) is 9.74. The summed E-state index contributed by atoms with van der Waals surface area (Å²) in [5.74, 6) is 0. The Hall–Kier alpha value is 0.1000. The summed E-state index contributed by atoms with van der Waals surface area (Å²) in [4.78, 5) is 0. The molecule has 1 N–H and O–H groups in total. The standard InChI is InChI=1S/C8H5BrCl2F2O/c9-6-4(10)1-3(2-5(6)11)7(14)8(12)13/h1-2,7-8,14H. The number of halogens is 5. The molecular formula is C8H5BrCl2F2O. The largest absolute Gasteiger partial charge is 0.382 e. The van der Waals surface area contributed by atoms with Crippen molar-refractivity contribution in [3.05, 3.63) is 32.2 Å². The van der Waals surface area contributed by atoms with Gasteiger partial charge >= 0.3 is 0 Å². The highest BCUT2D eigenvalue weighted by atomic mass is 79.9. The van der Waals surface area contributed by atoms with Gasteiger partial charge < -0.3 is 5.11 Å². The fourth-order valence-electron chi connectivity index (χ4n) is 0.891. The van der Waals surface area contributed by atoms with E-state index in [4.69, 9.17) is 28.3 Å². The maximum absolute atomic E-state index is 12.1. The molecule has 0 saturated carbocycles. The number of hydrogen-bond donors (Lipinski definition) is 1. The van der Waals surface area contributed by atoms with Crippen LogP contribution in [-0.2, 0) is 0 Å². The van der Waals surface area contributed by atoms with Crippen LogP contribution in [0.1, 0.15) is 11.7 Å². The summed E-state index contributed by atoms with van der Waals surface area (Å²) in [7, 11) is 0. The summed E-state index contributed by atoms with van der Waals surface area (Å²) in [5, 5.41) is 9.43. The predicted molar refractivity (Wildman–Crippen MR) is 55.1 cm³/mol. The average molecular weight is 306 g/mol. The molecule has 0 aliphatic rings. The molecule has 0 amide bonds. The molecule has 0 fully saturated rings. The summed E-state index contributed by atoms with van der Waals surface area (Å²) in [6.45, 7) is 0. The number of alkyl halides is 2. The topological polar surface area (TPSA) is 20.2 Å². The summed E-state index contributed by atoms with van der Waals surface area (Å²) in [6, 6.07) is 2.49. The lowest BCUT2D eigenvalue weighted by Gasteiger charge is -2.11. The molecule has 6 heteroatoms. The third kappa shape index (κ3) is 2.57. The normalized spacial score (nSPS) is 13.4. The minimum Gasteiger partial charge on any atom is -0.382 e. The molecule has 1 atom stereocenters. The van der Waals surface area contributed by atoms with Gasteiger partial charge in [-0.25, -0.2) is 8.78 Å². The lowest BCUT2D eigenvalue weighted by atomic mass is 10.1. The summed E-state index contributed by atoms with van der Waals surface area (Å²) >= 11 is 14.4. The molecule has 0 heterocycles. The van der Waals surface area contributed by atoms with Crippen LogP contribution in [0, 0.1) is 0 Å². The lowest BCUT2D eigenvalue weighted by Crippen LogP contribution is -2.07. The van der Waals surface area contributed by atoms with E-state index in [9.17, 15) is 8.78 Å². The number of aliphatic hydroxyl groups excluding tert-OH is 1. The van der Waals surface area contributed by atoms with Crippen molar-refractivity contribution in [3.63, 3.8) is 0 Å². The van der Waals surface area contributed by atoms with Crippen LogP contribution < -0.4 is 0 Å². The highest BCUT2D eigenvalue weighted by molar-refractivity contribution is 9.10. The quantitative estimate of drug-likeness (QED) is 0.817. The molecule has 1 aromatic carbocycles. The fourth-order valence-corrected chi connectivity index (χ4v) is 1.62. The van der Waals surface area contributed by atoms with Crippen molar-refractivity contribution < 1.29 is 13.9 Å². The molecule has 0 radical (unpaired) electrons. The minimum absolute atomic E-state index is 0.00167. The van der Waals surface area contributed by atoms with Gasteiger partial charge in [-0.1, -0.05) is 23.2 Å². The fraction of sp³-hybridized carbons (Fsp3) is 0.250. The number of benzene rings is 1. The average Bonchev–Trinajstić information content (AvgIpc) is 2.12. The van der Waals surface area contributed by atoms with Crippen LogP contribution in [-0.4, -0.2) is 11.5 Å². The van der Waals surface area contributed by atoms with E-state index in [0.29, 0.717) is 4.47 Å². The van der Waals surface area contributed by atoms with E-state index in [-0.39, 0.29) is 15.6 Å². The van der Waals surface area contributed by atoms with E-state index < -0.39 is 12.5 Å². The van der Waals surface area contributed by atoms with E-state index in [1.807, 2.05) is 0 Å². The number of hydrogen-bond acceptors (Lipinski definition) is 1. The van der Waals surface area contributed by atoms with E-state index in [0.717, 1.165) is 0 Å². The lowest BCUT2D eigenvalue weighted by molar-refractivity contribution is -0.00577. The smallest absolute Gasteiger partial charge is 0.268 e. The van der Waals surface area contributed by atoms with Crippen molar-refractivity contribution in [2.75, 3.05) is 0 Å². The van der Waals surface area contributed by atoms with E-state index in [1.54, 1.807) is 0 Å². The first kappa shape index (κ1) is 12.2. The molecule has 14 heavy (non-hydrogen) atoms. The molecule has 0 bridgehead atoms.